The zero-order valence-corrected chi connectivity index (χ0v) is 19.7. The highest BCUT2D eigenvalue weighted by Gasteiger charge is 2.36. The molecule has 1 atom stereocenters. The third-order valence-electron chi connectivity index (χ3n) is 5.37. The van der Waals surface area contributed by atoms with E-state index in [9.17, 15) is 23.4 Å². The molecule has 0 amide bonds. The summed E-state index contributed by atoms with van der Waals surface area (Å²) in [5.74, 6) is -0.457. The summed E-state index contributed by atoms with van der Waals surface area (Å²) in [5.41, 5.74) is 0. The van der Waals surface area contributed by atoms with Crippen molar-refractivity contribution in [1.82, 2.24) is 4.90 Å². The van der Waals surface area contributed by atoms with E-state index in [0.29, 0.717) is 38.3 Å². The number of hydrogen-bond acceptors (Lipinski definition) is 6. The molecule has 31 heavy (non-hydrogen) atoms. The molecule has 1 heterocycles. The first-order valence-corrected chi connectivity index (χ1v) is 13.2. The van der Waals surface area contributed by atoms with E-state index in [-0.39, 0.29) is 18.9 Å². The van der Waals surface area contributed by atoms with Gasteiger partial charge in [0.15, 0.2) is 0 Å². The molecular formula is C22H41N2O6S+. The standard InChI is InChI=1S/C22H40N2O6S/c1-2-3-4-5-6-7-8-9-10-11-12-13-21(27)22-23(16-17-25)14-15-24(22)18-20(26)19-31(28,29)30/h10-11,20,25-26H,2-9,12-19H2,1H3/p+1/b11-10+. The number of allylic oxidation sites excluding steroid dienone is 2. The summed E-state index contributed by atoms with van der Waals surface area (Å²) in [7, 11) is -4.29. The lowest BCUT2D eigenvalue weighted by molar-refractivity contribution is -0.525. The number of carbonyl (C=O) groups is 1. The molecule has 0 saturated heterocycles. The topological polar surface area (TPSA) is 118 Å². The third-order valence-corrected chi connectivity index (χ3v) is 6.18. The first-order chi connectivity index (χ1) is 14.8. The summed E-state index contributed by atoms with van der Waals surface area (Å²) >= 11 is 0. The van der Waals surface area contributed by atoms with Gasteiger partial charge in [-0.1, -0.05) is 57.6 Å². The van der Waals surface area contributed by atoms with Gasteiger partial charge in [0.2, 0.25) is 5.78 Å². The van der Waals surface area contributed by atoms with Crippen LogP contribution < -0.4 is 0 Å². The maximum atomic E-state index is 12.8. The molecule has 0 spiro atoms. The molecule has 0 bridgehead atoms. The summed E-state index contributed by atoms with van der Waals surface area (Å²) in [5, 5.41) is 19.2. The summed E-state index contributed by atoms with van der Waals surface area (Å²) in [6.45, 7) is 3.34. The van der Waals surface area contributed by atoms with Crippen LogP contribution in [0.25, 0.3) is 0 Å². The molecule has 0 fully saturated rings. The second-order valence-electron chi connectivity index (χ2n) is 8.23. The fourth-order valence-electron chi connectivity index (χ4n) is 3.85. The van der Waals surface area contributed by atoms with E-state index in [1.165, 1.54) is 38.5 Å². The number of ketones is 1. The minimum absolute atomic E-state index is 0.0586. The third kappa shape index (κ3) is 12.4. The summed E-state index contributed by atoms with van der Waals surface area (Å²) in [6, 6.07) is 0. The average molecular weight is 462 g/mol. The van der Waals surface area contributed by atoms with Gasteiger partial charge in [0.25, 0.3) is 10.1 Å². The predicted octanol–water partition coefficient (Wildman–Crippen LogP) is 2.00. The number of aliphatic hydroxyl groups excluding tert-OH is 2. The molecule has 0 aromatic rings. The van der Waals surface area contributed by atoms with Crippen molar-refractivity contribution in [2.24, 2.45) is 0 Å². The number of amidine groups is 1. The molecule has 0 aromatic carbocycles. The molecule has 9 heteroatoms. The maximum absolute atomic E-state index is 12.8. The van der Waals surface area contributed by atoms with Crippen LogP contribution in [0.4, 0.5) is 0 Å². The Morgan fingerprint density at radius 3 is 2.42 bits per heavy atom. The molecule has 1 unspecified atom stereocenters. The molecule has 0 saturated carbocycles. The van der Waals surface area contributed by atoms with Gasteiger partial charge in [0, 0.05) is 6.42 Å². The minimum atomic E-state index is -4.29. The minimum Gasteiger partial charge on any atom is -0.392 e. The van der Waals surface area contributed by atoms with Gasteiger partial charge in [-0.25, -0.2) is 0 Å². The Morgan fingerprint density at radius 1 is 1.13 bits per heavy atom. The van der Waals surface area contributed by atoms with Crippen LogP contribution in [-0.4, -0.2) is 88.9 Å². The molecule has 1 rings (SSSR count). The lowest BCUT2D eigenvalue weighted by atomic mass is 10.1. The normalized spacial score (nSPS) is 15.9. The Morgan fingerprint density at radius 2 is 1.77 bits per heavy atom. The molecule has 1 aliphatic heterocycles. The van der Waals surface area contributed by atoms with Gasteiger partial charge in [0.1, 0.15) is 38.0 Å². The summed E-state index contributed by atoms with van der Waals surface area (Å²) in [4.78, 5) is 14.6. The van der Waals surface area contributed by atoms with Gasteiger partial charge >= 0.3 is 5.84 Å². The smallest absolute Gasteiger partial charge is 0.316 e. The highest BCUT2D eigenvalue weighted by atomic mass is 32.2. The van der Waals surface area contributed by atoms with Crippen molar-refractivity contribution in [3.63, 3.8) is 0 Å². The van der Waals surface area contributed by atoms with Crippen molar-refractivity contribution >= 4 is 21.7 Å². The largest absolute Gasteiger partial charge is 0.392 e. The number of hydrogen-bond donors (Lipinski definition) is 3. The number of Topliss-reactive ketones (excluding diaryl/α,β-unsaturated/α-hetero) is 1. The van der Waals surface area contributed by atoms with Crippen LogP contribution in [0.2, 0.25) is 0 Å². The Bertz CT molecular complexity index is 690. The van der Waals surface area contributed by atoms with Gasteiger partial charge in [-0.05, 0) is 19.3 Å². The number of carbonyl (C=O) groups excluding carboxylic acids is 1. The maximum Gasteiger partial charge on any atom is 0.316 e. The number of aliphatic hydroxyl groups is 2. The first-order valence-electron chi connectivity index (χ1n) is 11.6. The van der Waals surface area contributed by atoms with Gasteiger partial charge in [-0.15, -0.1) is 0 Å². The first kappa shape index (κ1) is 27.7. The van der Waals surface area contributed by atoms with Gasteiger partial charge in [-0.2, -0.15) is 8.42 Å². The fourth-order valence-corrected chi connectivity index (χ4v) is 4.45. The Kier molecular flexibility index (Phi) is 13.9. The molecule has 3 N–H and O–H groups in total. The zero-order valence-electron chi connectivity index (χ0n) is 18.9. The second kappa shape index (κ2) is 15.5. The van der Waals surface area contributed by atoms with Crippen LogP contribution in [0, 0.1) is 0 Å². The second-order valence-corrected chi connectivity index (χ2v) is 9.72. The van der Waals surface area contributed by atoms with Crippen LogP contribution in [0.3, 0.4) is 0 Å². The predicted molar refractivity (Wildman–Crippen MR) is 122 cm³/mol. The Hall–Kier alpha value is -1.29. The van der Waals surface area contributed by atoms with Gasteiger partial charge in [-0.3, -0.25) is 18.8 Å². The van der Waals surface area contributed by atoms with Gasteiger partial charge in [0.05, 0.1) is 6.61 Å². The van der Waals surface area contributed by atoms with Crippen molar-refractivity contribution in [3.05, 3.63) is 12.2 Å². The Balaban J connectivity index is 2.48. The SMILES string of the molecule is CCCCCCCCC/C=C/CCC(=O)C1=[N+](CC(O)CS(=O)(=O)O)CCN1CCO. The number of rotatable bonds is 18. The highest BCUT2D eigenvalue weighted by Crippen LogP contribution is 2.10. The van der Waals surface area contributed by atoms with Crippen molar-refractivity contribution in [1.29, 1.82) is 0 Å². The van der Waals surface area contributed by atoms with E-state index in [1.807, 2.05) is 6.08 Å². The van der Waals surface area contributed by atoms with Crippen LogP contribution in [0.1, 0.15) is 71.1 Å². The zero-order chi connectivity index (χ0) is 23.1. The molecular weight excluding hydrogens is 420 g/mol. The van der Waals surface area contributed by atoms with Crippen LogP contribution in [0.15, 0.2) is 12.2 Å². The van der Waals surface area contributed by atoms with E-state index in [1.54, 1.807) is 9.48 Å². The van der Waals surface area contributed by atoms with E-state index in [4.69, 9.17) is 4.55 Å². The van der Waals surface area contributed by atoms with Crippen LogP contribution >= 0.6 is 0 Å². The van der Waals surface area contributed by atoms with Gasteiger partial charge < -0.3 is 10.2 Å². The molecule has 0 aliphatic carbocycles. The number of unbranched alkanes of at least 4 members (excludes halogenated alkanes) is 7. The fraction of sp³-hybridized carbons (Fsp3) is 0.818. The van der Waals surface area contributed by atoms with E-state index >= 15 is 0 Å². The quantitative estimate of drug-likeness (QED) is 0.124. The molecule has 8 nitrogen and oxygen atoms in total. The molecule has 1 aliphatic rings. The van der Waals surface area contributed by atoms with E-state index < -0.39 is 22.0 Å². The lowest BCUT2D eigenvalue weighted by Gasteiger charge is -2.12. The van der Waals surface area contributed by atoms with Crippen molar-refractivity contribution < 1.29 is 32.6 Å². The lowest BCUT2D eigenvalue weighted by Crippen LogP contribution is -2.40. The highest BCUT2D eigenvalue weighted by molar-refractivity contribution is 7.85. The number of nitrogens with zero attached hydrogens (tertiary/aromatic N) is 2. The van der Waals surface area contributed by atoms with Crippen molar-refractivity contribution in [2.45, 2.75) is 77.2 Å². The average Bonchev–Trinajstić information content (AvgIpc) is 3.06. The summed E-state index contributed by atoms with van der Waals surface area (Å²) in [6.07, 6.45) is 13.7. The summed E-state index contributed by atoms with van der Waals surface area (Å²) < 4.78 is 32.5. The van der Waals surface area contributed by atoms with Crippen LogP contribution in [0.5, 0.6) is 0 Å². The van der Waals surface area contributed by atoms with Crippen LogP contribution in [-0.2, 0) is 14.9 Å². The molecule has 0 radical (unpaired) electrons. The van der Waals surface area contributed by atoms with Crippen molar-refractivity contribution in [3.8, 4) is 0 Å². The monoisotopic (exact) mass is 461 g/mol. The van der Waals surface area contributed by atoms with E-state index in [0.717, 1.165) is 12.8 Å². The van der Waals surface area contributed by atoms with E-state index in [2.05, 4.69) is 13.0 Å². The number of β-amino-alcohol motifs (C(OH)–C–C–N with tert-alkyl or cyclic N) is 2. The van der Waals surface area contributed by atoms with Crippen molar-refractivity contribution in [2.75, 3.05) is 38.5 Å². The molecule has 180 valence electrons. The molecule has 0 aromatic heterocycles. The Labute approximate surface area is 187 Å².